The van der Waals surface area contributed by atoms with Crippen molar-refractivity contribution >= 4 is 23.2 Å². The van der Waals surface area contributed by atoms with Gasteiger partial charge in [-0.3, -0.25) is 4.99 Å². The van der Waals surface area contributed by atoms with Gasteiger partial charge < -0.3 is 5.11 Å². The van der Waals surface area contributed by atoms with Gasteiger partial charge in [0.15, 0.2) is 0 Å². The van der Waals surface area contributed by atoms with Crippen LogP contribution in [-0.2, 0) is 20.8 Å². The van der Waals surface area contributed by atoms with Crippen LogP contribution < -0.4 is 0 Å². The third-order valence-corrected chi connectivity index (χ3v) is 7.93. The Morgan fingerprint density at radius 2 is 1.39 bits per heavy atom. The zero-order valence-corrected chi connectivity index (χ0v) is 25.1. The van der Waals surface area contributed by atoms with Gasteiger partial charge in [0.25, 0.3) is 0 Å². The second kappa shape index (κ2) is 16.8. The van der Waals surface area contributed by atoms with Gasteiger partial charge in [0.05, 0.1) is 6.04 Å². The van der Waals surface area contributed by atoms with Gasteiger partial charge in [-0.05, 0) is 61.1 Å². The first-order valence-corrected chi connectivity index (χ1v) is 19.6. The number of rotatable bonds is 3. The molecule has 3 atom stereocenters. The zero-order chi connectivity index (χ0) is 24.1. The summed E-state index contributed by atoms with van der Waals surface area (Å²) in [5.41, 5.74) is 3.36. The van der Waals surface area contributed by atoms with Crippen LogP contribution in [0.15, 0.2) is 17.1 Å². The van der Waals surface area contributed by atoms with E-state index >= 15 is 0 Å². The molecule has 2 fully saturated rings. The van der Waals surface area contributed by atoms with Gasteiger partial charge in [-0.1, -0.05) is 90.5 Å². The number of phenolic OH excluding ortho intramolecular Hbond substituents is 1. The molecule has 3 unspecified atom stereocenters. The number of phenols is 1. The molecular formula is C28H45Cl2NOZr. The van der Waals surface area contributed by atoms with Crippen LogP contribution in [0.3, 0.4) is 0 Å². The van der Waals surface area contributed by atoms with Crippen molar-refractivity contribution in [3.05, 3.63) is 28.8 Å². The van der Waals surface area contributed by atoms with Crippen LogP contribution in [0.2, 0.25) is 0 Å². The van der Waals surface area contributed by atoms with Gasteiger partial charge in [-0.25, -0.2) is 0 Å². The summed E-state index contributed by atoms with van der Waals surface area (Å²) >= 11 is -0.826. The molecule has 2 nitrogen and oxygen atoms in total. The quantitative estimate of drug-likeness (QED) is 0.359. The van der Waals surface area contributed by atoms with Gasteiger partial charge >= 0.3 is 37.9 Å². The van der Waals surface area contributed by atoms with Gasteiger partial charge in [-0.15, -0.1) is 0 Å². The molecule has 0 radical (unpaired) electrons. The van der Waals surface area contributed by atoms with Crippen LogP contribution in [0.5, 0.6) is 5.75 Å². The minimum absolute atomic E-state index is 0.401. The molecule has 1 aromatic rings. The van der Waals surface area contributed by atoms with Crippen LogP contribution >= 0.6 is 17.0 Å². The van der Waals surface area contributed by atoms with Crippen molar-refractivity contribution in [2.45, 2.75) is 123 Å². The fourth-order valence-corrected chi connectivity index (χ4v) is 5.66. The maximum absolute atomic E-state index is 11.2. The van der Waals surface area contributed by atoms with E-state index in [9.17, 15) is 5.11 Å². The summed E-state index contributed by atoms with van der Waals surface area (Å²) in [6.45, 7) is 6.87. The molecule has 33 heavy (non-hydrogen) atoms. The Morgan fingerprint density at radius 3 is 1.97 bits per heavy atom. The molecule has 0 aromatic heterocycles. The summed E-state index contributed by atoms with van der Waals surface area (Å²) in [5, 5.41) is 11.2. The normalized spacial score (nSPS) is 26.0. The average Bonchev–Trinajstić information content (AvgIpc) is 2.78. The average molecular weight is 574 g/mol. The Hall–Kier alpha value is 0.153. The fourth-order valence-electron chi connectivity index (χ4n) is 5.66. The van der Waals surface area contributed by atoms with E-state index in [1.54, 1.807) is 0 Å². The van der Waals surface area contributed by atoms with E-state index in [4.69, 9.17) is 22.0 Å². The molecular weight excluding hydrogens is 528 g/mol. The molecule has 186 valence electrons. The number of aliphatic imine (C=N–C) groups is 1. The van der Waals surface area contributed by atoms with E-state index < -0.39 is 20.8 Å². The first kappa shape index (κ1) is 29.4. The number of benzene rings is 1. The topological polar surface area (TPSA) is 32.6 Å². The van der Waals surface area contributed by atoms with E-state index in [1.165, 1.54) is 101 Å². The molecule has 0 amide bonds. The standard InChI is InChI=1S/C28H45NO.2ClH.Zr/c1-21-18-25(20-29-27-17-13-14-22(2)23(27)3)28(30)26(19-21)24-15-11-9-7-5-4-6-8-10-12-16-24;;;/h18-20,22-24,27,30H,4-17H2,1-3H3;2*1H;/q;;;+2/p-2. The number of hydrogen-bond donors (Lipinski definition) is 1. The fraction of sp³-hybridized carbons (Fsp3) is 0.750. The molecule has 2 aliphatic rings. The molecule has 3 rings (SSSR count). The van der Waals surface area contributed by atoms with Crippen LogP contribution in [-0.4, -0.2) is 17.4 Å². The van der Waals surface area contributed by atoms with Crippen molar-refractivity contribution in [1.29, 1.82) is 0 Å². The number of aryl methyl sites for hydroxylation is 1. The predicted molar refractivity (Wildman–Crippen MR) is 142 cm³/mol. The Kier molecular flexibility index (Phi) is 14.9. The number of halogens is 2. The van der Waals surface area contributed by atoms with Crippen LogP contribution in [0, 0.1) is 18.8 Å². The number of hydrogen-bond acceptors (Lipinski definition) is 2. The zero-order valence-electron chi connectivity index (χ0n) is 21.1. The molecule has 1 aromatic carbocycles. The minimum atomic E-state index is -0.826. The molecule has 0 aliphatic heterocycles. The third kappa shape index (κ3) is 10.3. The van der Waals surface area contributed by atoms with Crippen LogP contribution in [0.4, 0.5) is 0 Å². The summed E-state index contributed by atoms with van der Waals surface area (Å²) in [5.74, 6) is 2.37. The first-order valence-electron chi connectivity index (χ1n) is 13.3. The van der Waals surface area contributed by atoms with E-state index in [0.29, 0.717) is 23.6 Å². The SMILES string of the molecule is Cc1cc(C=NC2CCCC(C)C2C)c(O)c(C2CCCCCCCCCCC2)c1.[Cl][Zr][Cl]. The van der Waals surface area contributed by atoms with E-state index in [-0.39, 0.29) is 0 Å². The summed E-state index contributed by atoms with van der Waals surface area (Å²) in [4.78, 5) is 4.97. The summed E-state index contributed by atoms with van der Waals surface area (Å²) in [6, 6.07) is 4.77. The molecule has 0 bridgehead atoms. The summed E-state index contributed by atoms with van der Waals surface area (Å²) < 4.78 is 0. The van der Waals surface area contributed by atoms with Gasteiger partial charge in [0.2, 0.25) is 0 Å². The second-order valence-electron chi connectivity index (χ2n) is 10.4. The molecule has 2 aliphatic carbocycles. The van der Waals surface area contributed by atoms with E-state index in [2.05, 4.69) is 32.9 Å². The Bertz CT molecular complexity index is 699. The monoisotopic (exact) mass is 571 g/mol. The van der Waals surface area contributed by atoms with Crippen molar-refractivity contribution in [1.82, 2.24) is 0 Å². The third-order valence-electron chi connectivity index (χ3n) is 7.93. The Morgan fingerprint density at radius 1 is 0.848 bits per heavy atom. The molecule has 5 heteroatoms. The van der Waals surface area contributed by atoms with E-state index in [1.807, 2.05) is 6.21 Å². The number of aromatic hydroxyl groups is 1. The molecule has 2 saturated carbocycles. The van der Waals surface area contributed by atoms with Crippen molar-refractivity contribution in [2.75, 3.05) is 0 Å². The van der Waals surface area contributed by atoms with Crippen LogP contribution in [0.1, 0.15) is 126 Å². The van der Waals surface area contributed by atoms with Crippen molar-refractivity contribution < 1.29 is 26.0 Å². The van der Waals surface area contributed by atoms with Crippen molar-refractivity contribution in [3.63, 3.8) is 0 Å². The van der Waals surface area contributed by atoms with Crippen molar-refractivity contribution in [2.24, 2.45) is 16.8 Å². The van der Waals surface area contributed by atoms with Crippen LogP contribution in [0.25, 0.3) is 0 Å². The maximum atomic E-state index is 11.2. The number of nitrogens with zero attached hydrogens (tertiary/aromatic N) is 1. The summed E-state index contributed by atoms with van der Waals surface area (Å²) in [6.07, 6.45) is 20.4. The Balaban J connectivity index is 0.00000122. The molecule has 0 heterocycles. The molecule has 1 N–H and O–H groups in total. The molecule has 0 saturated heterocycles. The van der Waals surface area contributed by atoms with E-state index in [0.717, 1.165) is 11.5 Å². The van der Waals surface area contributed by atoms with Crippen molar-refractivity contribution in [3.8, 4) is 5.75 Å². The van der Waals surface area contributed by atoms with Gasteiger partial charge in [-0.2, -0.15) is 0 Å². The molecule has 0 spiro atoms. The summed E-state index contributed by atoms with van der Waals surface area (Å²) in [7, 11) is 9.87. The predicted octanol–water partition coefficient (Wildman–Crippen LogP) is 9.71. The Labute approximate surface area is 222 Å². The first-order chi connectivity index (χ1) is 16.0. The second-order valence-corrected chi connectivity index (χ2v) is 14.2. The van der Waals surface area contributed by atoms with Gasteiger partial charge in [0.1, 0.15) is 5.75 Å². The van der Waals surface area contributed by atoms with Gasteiger partial charge in [0, 0.05) is 11.8 Å².